The van der Waals surface area contributed by atoms with Crippen LogP contribution in [0.4, 0.5) is 0 Å². The average Bonchev–Trinajstić information content (AvgIpc) is 3.24. The molecule has 8 nitrogen and oxygen atoms in total. The van der Waals surface area contributed by atoms with Crippen LogP contribution in [-0.2, 0) is 11.8 Å². The molecule has 1 aromatic heterocycles. The number of piperidine rings is 1. The molecule has 1 aliphatic heterocycles. The van der Waals surface area contributed by atoms with E-state index in [0.717, 1.165) is 19.3 Å². The van der Waals surface area contributed by atoms with Gasteiger partial charge < -0.3 is 24.3 Å². The first-order chi connectivity index (χ1) is 14.9. The smallest absolute Gasteiger partial charge is 0.296 e. The SMILES string of the molecule is COc1ccc(C(=O)NC2CC23CCN(C(=O)C(=O)c2cccn2C)CC3)cc1OC. The molecule has 0 radical (unpaired) electrons. The molecule has 1 aliphatic carbocycles. The molecule has 8 heteroatoms. The van der Waals surface area contributed by atoms with Crippen molar-refractivity contribution in [2.75, 3.05) is 27.3 Å². The first-order valence-electron chi connectivity index (χ1n) is 10.4. The molecule has 4 rings (SSSR count). The highest BCUT2D eigenvalue weighted by molar-refractivity contribution is 6.42. The summed E-state index contributed by atoms with van der Waals surface area (Å²) in [5.74, 6) is 0.000210. The minimum Gasteiger partial charge on any atom is -0.493 e. The summed E-state index contributed by atoms with van der Waals surface area (Å²) in [6.45, 7) is 1.05. The summed E-state index contributed by atoms with van der Waals surface area (Å²) < 4.78 is 12.1. The van der Waals surface area contributed by atoms with Gasteiger partial charge in [0, 0.05) is 37.9 Å². The van der Waals surface area contributed by atoms with Gasteiger partial charge in [0.2, 0.25) is 0 Å². The number of benzene rings is 1. The Morgan fingerprint density at radius 2 is 1.77 bits per heavy atom. The molecule has 164 valence electrons. The second kappa shape index (κ2) is 8.09. The molecule has 1 unspecified atom stereocenters. The third kappa shape index (κ3) is 3.89. The fourth-order valence-electron chi connectivity index (χ4n) is 4.43. The van der Waals surface area contributed by atoms with Gasteiger partial charge in [0.05, 0.1) is 19.9 Å². The van der Waals surface area contributed by atoms with Crippen molar-refractivity contribution >= 4 is 17.6 Å². The molecule has 1 spiro atoms. The number of carbonyl (C=O) groups excluding carboxylic acids is 3. The molecular weight excluding hydrogens is 398 g/mol. The molecule has 2 fully saturated rings. The monoisotopic (exact) mass is 425 g/mol. The number of likely N-dealkylation sites (tertiary alicyclic amines) is 1. The number of nitrogens with zero attached hydrogens (tertiary/aromatic N) is 2. The number of carbonyl (C=O) groups is 3. The third-order valence-electron chi connectivity index (χ3n) is 6.56. The quantitative estimate of drug-likeness (QED) is 0.565. The first kappa shape index (κ1) is 21.0. The van der Waals surface area contributed by atoms with Gasteiger partial charge in [-0.15, -0.1) is 0 Å². The Kier molecular flexibility index (Phi) is 5.47. The van der Waals surface area contributed by atoms with E-state index in [1.165, 1.54) is 7.11 Å². The number of ether oxygens (including phenoxy) is 2. The van der Waals surface area contributed by atoms with E-state index in [1.54, 1.807) is 60.2 Å². The van der Waals surface area contributed by atoms with Gasteiger partial charge in [-0.05, 0) is 55.0 Å². The Balaban J connectivity index is 1.33. The lowest BCUT2D eigenvalue weighted by Crippen LogP contribution is -2.44. The summed E-state index contributed by atoms with van der Waals surface area (Å²) in [5.41, 5.74) is 0.925. The number of aryl methyl sites for hydroxylation is 1. The number of rotatable bonds is 6. The maximum atomic E-state index is 12.7. The Morgan fingerprint density at radius 3 is 2.39 bits per heavy atom. The molecule has 2 aromatic rings. The summed E-state index contributed by atoms with van der Waals surface area (Å²) in [7, 11) is 4.84. The van der Waals surface area contributed by atoms with Crippen molar-refractivity contribution in [1.82, 2.24) is 14.8 Å². The summed E-state index contributed by atoms with van der Waals surface area (Å²) in [4.78, 5) is 39.4. The second-order valence-corrected chi connectivity index (χ2v) is 8.29. The predicted molar refractivity (Wildman–Crippen MR) is 113 cm³/mol. The molecule has 1 saturated heterocycles. The fraction of sp³-hybridized carbons (Fsp3) is 0.435. The van der Waals surface area contributed by atoms with E-state index in [4.69, 9.17) is 9.47 Å². The molecule has 1 N–H and O–H groups in total. The fourth-order valence-corrected chi connectivity index (χ4v) is 4.43. The lowest BCUT2D eigenvalue weighted by Gasteiger charge is -2.32. The number of aromatic nitrogens is 1. The zero-order valence-electron chi connectivity index (χ0n) is 18.0. The van der Waals surface area contributed by atoms with Gasteiger partial charge in [-0.25, -0.2) is 0 Å². The highest BCUT2D eigenvalue weighted by Crippen LogP contribution is 2.54. The van der Waals surface area contributed by atoms with Crippen LogP contribution in [0.2, 0.25) is 0 Å². The number of nitrogens with one attached hydrogen (secondary N) is 1. The average molecular weight is 425 g/mol. The molecule has 31 heavy (non-hydrogen) atoms. The van der Waals surface area contributed by atoms with Crippen molar-refractivity contribution in [3.63, 3.8) is 0 Å². The van der Waals surface area contributed by atoms with Gasteiger partial charge in [-0.1, -0.05) is 0 Å². The van der Waals surface area contributed by atoms with Crippen LogP contribution in [0.15, 0.2) is 36.5 Å². The molecule has 1 aromatic carbocycles. The van der Waals surface area contributed by atoms with E-state index in [1.807, 2.05) is 0 Å². The van der Waals surface area contributed by atoms with Crippen molar-refractivity contribution in [2.24, 2.45) is 12.5 Å². The highest BCUT2D eigenvalue weighted by atomic mass is 16.5. The maximum absolute atomic E-state index is 12.7. The second-order valence-electron chi connectivity index (χ2n) is 8.29. The maximum Gasteiger partial charge on any atom is 0.296 e. The van der Waals surface area contributed by atoms with Gasteiger partial charge in [0.1, 0.15) is 0 Å². The summed E-state index contributed by atoms with van der Waals surface area (Å²) in [5, 5.41) is 3.11. The number of hydrogen-bond acceptors (Lipinski definition) is 5. The number of ketones is 1. The van der Waals surface area contributed by atoms with Crippen LogP contribution in [0, 0.1) is 5.41 Å². The zero-order valence-corrected chi connectivity index (χ0v) is 18.0. The normalized spacial score (nSPS) is 19.1. The van der Waals surface area contributed by atoms with E-state index in [0.29, 0.717) is 35.8 Å². The summed E-state index contributed by atoms with van der Waals surface area (Å²) in [6.07, 6.45) is 4.19. The number of methoxy groups -OCH3 is 2. The van der Waals surface area contributed by atoms with Gasteiger partial charge in [-0.2, -0.15) is 0 Å². The Bertz CT molecular complexity index is 1020. The van der Waals surface area contributed by atoms with E-state index in [-0.39, 0.29) is 17.4 Å². The number of amides is 2. The topological polar surface area (TPSA) is 89.9 Å². The van der Waals surface area contributed by atoms with Crippen LogP contribution in [0.25, 0.3) is 0 Å². The van der Waals surface area contributed by atoms with Crippen LogP contribution in [0.1, 0.15) is 40.1 Å². The molecule has 2 heterocycles. The first-order valence-corrected chi connectivity index (χ1v) is 10.4. The van der Waals surface area contributed by atoms with E-state index in [2.05, 4.69) is 5.32 Å². The van der Waals surface area contributed by atoms with Crippen LogP contribution < -0.4 is 14.8 Å². The molecule has 1 saturated carbocycles. The Hall–Kier alpha value is -3.29. The minimum atomic E-state index is -0.474. The largest absolute Gasteiger partial charge is 0.493 e. The summed E-state index contributed by atoms with van der Waals surface area (Å²) in [6, 6.07) is 8.58. The lowest BCUT2D eigenvalue weighted by atomic mass is 9.92. The number of Topliss-reactive ketones (excluding diaryl/α,β-unsaturated/α-hetero) is 1. The van der Waals surface area contributed by atoms with Gasteiger partial charge in [-0.3, -0.25) is 14.4 Å². The van der Waals surface area contributed by atoms with Gasteiger partial charge in [0.25, 0.3) is 17.6 Å². The molecule has 0 bridgehead atoms. The van der Waals surface area contributed by atoms with Crippen molar-refractivity contribution in [3.8, 4) is 11.5 Å². The van der Waals surface area contributed by atoms with Crippen LogP contribution in [0.5, 0.6) is 11.5 Å². The third-order valence-corrected chi connectivity index (χ3v) is 6.56. The number of hydrogen-bond donors (Lipinski definition) is 1. The predicted octanol–water partition coefficient (Wildman–Crippen LogP) is 2.04. The standard InChI is InChI=1S/C23H27N3O5/c1-25-10-4-5-16(25)20(27)22(29)26-11-8-23(9-12-26)14-19(23)24-21(28)15-6-7-17(30-2)18(13-15)31-3/h4-7,10,13,19H,8-9,11-12,14H2,1-3H3,(H,24,28). The van der Waals surface area contributed by atoms with Crippen molar-refractivity contribution < 1.29 is 23.9 Å². The van der Waals surface area contributed by atoms with E-state index >= 15 is 0 Å². The highest BCUT2D eigenvalue weighted by Gasteiger charge is 2.56. The van der Waals surface area contributed by atoms with Crippen LogP contribution in [0.3, 0.4) is 0 Å². The van der Waals surface area contributed by atoms with Crippen molar-refractivity contribution in [3.05, 3.63) is 47.8 Å². The minimum absolute atomic E-state index is 0.0109. The molecule has 2 amide bonds. The Morgan fingerprint density at radius 1 is 1.06 bits per heavy atom. The zero-order chi connectivity index (χ0) is 22.2. The van der Waals surface area contributed by atoms with Gasteiger partial charge >= 0.3 is 0 Å². The lowest BCUT2D eigenvalue weighted by molar-refractivity contribution is -0.128. The van der Waals surface area contributed by atoms with E-state index < -0.39 is 11.7 Å². The molecule has 1 atom stereocenters. The molecule has 2 aliphatic rings. The van der Waals surface area contributed by atoms with Crippen LogP contribution in [-0.4, -0.2) is 60.4 Å². The van der Waals surface area contributed by atoms with Gasteiger partial charge in [0.15, 0.2) is 11.5 Å². The van der Waals surface area contributed by atoms with Crippen molar-refractivity contribution in [1.29, 1.82) is 0 Å². The molecular formula is C23H27N3O5. The van der Waals surface area contributed by atoms with Crippen LogP contribution >= 0.6 is 0 Å². The van der Waals surface area contributed by atoms with Crippen molar-refractivity contribution in [2.45, 2.75) is 25.3 Å². The Labute approximate surface area is 181 Å². The van der Waals surface area contributed by atoms with E-state index in [9.17, 15) is 14.4 Å². The summed E-state index contributed by atoms with van der Waals surface area (Å²) >= 11 is 0.